The molecular formula is C17H23N5O3S2. The SMILES string of the molecule is CC(=O)Nc1nnc(S(=O)(=O)N[C@@H](C)c2ccc(N3CCCCC3)cc2)s1. The van der Waals surface area contributed by atoms with Gasteiger partial charge in [0.05, 0.1) is 0 Å². The van der Waals surface area contributed by atoms with Crippen LogP contribution in [0.15, 0.2) is 28.6 Å². The van der Waals surface area contributed by atoms with Gasteiger partial charge in [0.25, 0.3) is 10.0 Å². The number of carbonyl (C=O) groups is 1. The zero-order valence-corrected chi connectivity index (χ0v) is 16.9. The normalized spacial score (nSPS) is 16.1. The maximum absolute atomic E-state index is 12.5. The summed E-state index contributed by atoms with van der Waals surface area (Å²) < 4.78 is 27.4. The van der Waals surface area contributed by atoms with E-state index < -0.39 is 16.1 Å². The van der Waals surface area contributed by atoms with Crippen molar-refractivity contribution in [3.8, 4) is 0 Å². The van der Waals surface area contributed by atoms with E-state index in [1.165, 1.54) is 26.2 Å². The van der Waals surface area contributed by atoms with E-state index in [9.17, 15) is 13.2 Å². The van der Waals surface area contributed by atoms with Gasteiger partial charge in [-0.3, -0.25) is 4.79 Å². The molecule has 1 fully saturated rings. The molecule has 0 bridgehead atoms. The van der Waals surface area contributed by atoms with Crippen molar-refractivity contribution in [3.05, 3.63) is 29.8 Å². The lowest BCUT2D eigenvalue weighted by Gasteiger charge is -2.29. The molecule has 0 spiro atoms. The third kappa shape index (κ3) is 5.02. The molecule has 1 atom stereocenters. The molecule has 1 aliphatic rings. The van der Waals surface area contributed by atoms with E-state index >= 15 is 0 Å². The monoisotopic (exact) mass is 409 g/mol. The fourth-order valence-corrected chi connectivity index (χ4v) is 5.19. The summed E-state index contributed by atoms with van der Waals surface area (Å²) >= 11 is 0.815. The van der Waals surface area contributed by atoms with Gasteiger partial charge in [-0.2, -0.15) is 0 Å². The number of aromatic nitrogens is 2. The molecule has 0 radical (unpaired) electrons. The second-order valence-corrected chi connectivity index (χ2v) is 9.40. The first-order valence-corrected chi connectivity index (χ1v) is 11.1. The van der Waals surface area contributed by atoms with Gasteiger partial charge >= 0.3 is 0 Å². The molecule has 3 rings (SSSR count). The Morgan fingerprint density at radius 1 is 1.15 bits per heavy atom. The third-order valence-corrected chi connectivity index (χ3v) is 7.11. The summed E-state index contributed by atoms with van der Waals surface area (Å²) in [6, 6.07) is 7.54. The van der Waals surface area contributed by atoms with Crippen LogP contribution in [-0.4, -0.2) is 37.6 Å². The van der Waals surface area contributed by atoms with Crippen LogP contribution in [0.25, 0.3) is 0 Å². The number of anilines is 2. The minimum Gasteiger partial charge on any atom is -0.372 e. The van der Waals surface area contributed by atoms with E-state index in [1.54, 1.807) is 6.92 Å². The molecule has 0 aliphatic carbocycles. The van der Waals surface area contributed by atoms with Crippen LogP contribution >= 0.6 is 11.3 Å². The molecule has 1 saturated heterocycles. The molecule has 0 saturated carbocycles. The van der Waals surface area contributed by atoms with Crippen LogP contribution in [0.4, 0.5) is 10.8 Å². The Bertz CT molecular complexity index is 890. The Hall–Kier alpha value is -2.04. The minimum atomic E-state index is -3.82. The molecule has 146 valence electrons. The van der Waals surface area contributed by atoms with Crippen LogP contribution in [0.1, 0.15) is 44.7 Å². The Morgan fingerprint density at radius 3 is 2.44 bits per heavy atom. The first-order valence-electron chi connectivity index (χ1n) is 8.83. The van der Waals surface area contributed by atoms with Crippen LogP contribution in [0, 0.1) is 0 Å². The standard InChI is InChI=1S/C17H23N5O3S2/c1-12(14-6-8-15(9-7-14)22-10-4-3-5-11-22)21-27(24,25)17-20-19-16(26-17)18-13(2)23/h6-9,12,21H,3-5,10-11H2,1-2H3,(H,18,19,23)/t12-/m0/s1. The van der Waals surface area contributed by atoms with Gasteiger partial charge in [-0.05, 0) is 43.9 Å². The molecule has 1 aliphatic heterocycles. The Balaban J connectivity index is 1.67. The molecule has 1 aromatic carbocycles. The van der Waals surface area contributed by atoms with Gasteiger partial charge in [0.15, 0.2) is 0 Å². The zero-order chi connectivity index (χ0) is 19.4. The van der Waals surface area contributed by atoms with Crippen LogP contribution in [0.5, 0.6) is 0 Å². The highest BCUT2D eigenvalue weighted by Gasteiger charge is 2.23. The predicted octanol–water partition coefficient (Wildman–Crippen LogP) is 2.53. The lowest BCUT2D eigenvalue weighted by molar-refractivity contribution is -0.114. The molecule has 0 unspecified atom stereocenters. The molecule has 10 heteroatoms. The van der Waals surface area contributed by atoms with E-state index in [4.69, 9.17) is 0 Å². The third-order valence-electron chi connectivity index (χ3n) is 4.37. The fraction of sp³-hybridized carbons (Fsp3) is 0.471. The van der Waals surface area contributed by atoms with Gasteiger partial charge in [0.1, 0.15) is 0 Å². The lowest BCUT2D eigenvalue weighted by atomic mass is 10.1. The number of hydrogen-bond donors (Lipinski definition) is 2. The lowest BCUT2D eigenvalue weighted by Crippen LogP contribution is -2.29. The topological polar surface area (TPSA) is 104 Å². The largest absolute Gasteiger partial charge is 0.372 e. The van der Waals surface area contributed by atoms with Crippen molar-refractivity contribution in [2.75, 3.05) is 23.3 Å². The summed E-state index contributed by atoms with van der Waals surface area (Å²) in [7, 11) is -3.82. The van der Waals surface area contributed by atoms with E-state index in [0.717, 1.165) is 35.7 Å². The molecule has 2 aromatic rings. The first-order chi connectivity index (χ1) is 12.8. The average Bonchev–Trinajstić information content (AvgIpc) is 3.11. The first kappa shape index (κ1) is 19.7. The smallest absolute Gasteiger partial charge is 0.270 e. The number of carbonyl (C=O) groups excluding carboxylic acids is 1. The van der Waals surface area contributed by atoms with Crippen LogP contribution < -0.4 is 14.9 Å². The summed E-state index contributed by atoms with van der Waals surface area (Å²) in [6.45, 7) is 5.23. The van der Waals surface area contributed by atoms with E-state index in [1.807, 2.05) is 24.3 Å². The van der Waals surface area contributed by atoms with Crippen molar-refractivity contribution in [2.45, 2.75) is 43.5 Å². The van der Waals surface area contributed by atoms with Gasteiger partial charge in [-0.25, -0.2) is 13.1 Å². The maximum Gasteiger partial charge on any atom is 0.270 e. The number of hydrogen-bond acceptors (Lipinski definition) is 7. The quantitative estimate of drug-likeness (QED) is 0.711. The highest BCUT2D eigenvalue weighted by atomic mass is 32.2. The van der Waals surface area contributed by atoms with Gasteiger partial charge in [-0.15, -0.1) is 10.2 Å². The number of sulfonamides is 1. The van der Waals surface area contributed by atoms with Crippen molar-refractivity contribution in [1.29, 1.82) is 0 Å². The van der Waals surface area contributed by atoms with Gasteiger partial charge in [0, 0.05) is 31.7 Å². The number of benzene rings is 1. The predicted molar refractivity (Wildman–Crippen MR) is 105 cm³/mol. The maximum atomic E-state index is 12.5. The number of amides is 1. The Morgan fingerprint density at radius 2 is 1.81 bits per heavy atom. The molecular weight excluding hydrogens is 386 g/mol. The van der Waals surface area contributed by atoms with Crippen molar-refractivity contribution < 1.29 is 13.2 Å². The second-order valence-electron chi connectivity index (χ2n) is 6.54. The van der Waals surface area contributed by atoms with Gasteiger partial charge < -0.3 is 10.2 Å². The number of nitrogens with one attached hydrogen (secondary N) is 2. The summed E-state index contributed by atoms with van der Waals surface area (Å²) in [6.07, 6.45) is 3.70. The van der Waals surface area contributed by atoms with Crippen molar-refractivity contribution in [1.82, 2.24) is 14.9 Å². The van der Waals surface area contributed by atoms with Crippen molar-refractivity contribution in [3.63, 3.8) is 0 Å². The zero-order valence-electron chi connectivity index (χ0n) is 15.3. The molecule has 27 heavy (non-hydrogen) atoms. The van der Waals surface area contributed by atoms with Crippen LogP contribution in [0.2, 0.25) is 0 Å². The second kappa shape index (κ2) is 8.32. The van der Waals surface area contributed by atoms with Gasteiger partial charge in [-0.1, -0.05) is 23.5 Å². The number of rotatable bonds is 6. The molecule has 2 N–H and O–H groups in total. The highest BCUT2D eigenvalue weighted by molar-refractivity contribution is 7.91. The summed E-state index contributed by atoms with van der Waals surface area (Å²) in [5, 5.41) is 9.92. The summed E-state index contributed by atoms with van der Waals surface area (Å²) in [5.41, 5.74) is 2.03. The van der Waals surface area contributed by atoms with Gasteiger partial charge in [0.2, 0.25) is 15.4 Å². The molecule has 8 nitrogen and oxygen atoms in total. The molecule has 1 aromatic heterocycles. The van der Waals surface area contributed by atoms with E-state index in [0.29, 0.717) is 0 Å². The molecule has 1 amide bonds. The van der Waals surface area contributed by atoms with Crippen molar-refractivity contribution in [2.24, 2.45) is 0 Å². The number of nitrogens with zero attached hydrogens (tertiary/aromatic N) is 3. The Labute approximate surface area is 163 Å². The van der Waals surface area contributed by atoms with Crippen molar-refractivity contribution >= 4 is 38.1 Å². The average molecular weight is 410 g/mol. The summed E-state index contributed by atoms with van der Waals surface area (Å²) in [5.74, 6) is -0.328. The molecule has 2 heterocycles. The fourth-order valence-electron chi connectivity index (χ4n) is 3.00. The van der Waals surface area contributed by atoms with E-state index in [2.05, 4.69) is 25.1 Å². The van der Waals surface area contributed by atoms with Crippen LogP contribution in [0.3, 0.4) is 0 Å². The summed E-state index contributed by atoms with van der Waals surface area (Å²) in [4.78, 5) is 13.4. The highest BCUT2D eigenvalue weighted by Crippen LogP contribution is 2.25. The van der Waals surface area contributed by atoms with Crippen LogP contribution in [-0.2, 0) is 14.8 Å². The number of piperidine rings is 1. The Kier molecular flexibility index (Phi) is 6.08. The van der Waals surface area contributed by atoms with E-state index in [-0.39, 0.29) is 15.4 Å². The minimum absolute atomic E-state index is 0.154.